The molecule has 13 heteroatoms. The Morgan fingerprint density at radius 1 is 0.935 bits per heavy atom. The quantitative estimate of drug-likeness (QED) is 0.356. The Morgan fingerprint density at radius 2 is 1.68 bits per heavy atom. The maximum atomic E-state index is 12.4. The van der Waals surface area contributed by atoms with E-state index in [1.807, 2.05) is 0 Å². The van der Waals surface area contributed by atoms with Crippen LogP contribution in [0.4, 0.5) is 22.7 Å². The van der Waals surface area contributed by atoms with E-state index in [4.69, 9.17) is 0 Å². The molecule has 1 amide bonds. The number of amides is 1. The van der Waals surface area contributed by atoms with Crippen LogP contribution in [0.25, 0.3) is 0 Å². The number of nitrogens with one attached hydrogen (secondary N) is 3. The number of hydrogen-bond acceptors (Lipinski definition) is 10. The summed E-state index contributed by atoms with van der Waals surface area (Å²) in [6.07, 6.45) is 0.112. The molecule has 0 saturated carbocycles. The number of carbonyl (C=O) groups excluding carboxylic acids is 2. The average molecular weight is 425 g/mol. The van der Waals surface area contributed by atoms with Gasteiger partial charge in [-0.15, -0.1) is 0 Å². The second-order valence-corrected chi connectivity index (χ2v) is 6.16. The van der Waals surface area contributed by atoms with E-state index in [2.05, 4.69) is 26.4 Å². The van der Waals surface area contributed by atoms with E-state index in [0.717, 1.165) is 18.2 Å². The summed E-state index contributed by atoms with van der Waals surface area (Å²) in [4.78, 5) is 44.9. The molecule has 0 aromatic heterocycles. The van der Waals surface area contributed by atoms with Gasteiger partial charge in [-0.05, 0) is 18.2 Å². The summed E-state index contributed by atoms with van der Waals surface area (Å²) in [7, 11) is 0. The molecule has 2 aromatic rings. The number of hydrogen-bond donors (Lipinski definition) is 3. The van der Waals surface area contributed by atoms with E-state index in [0.29, 0.717) is 5.69 Å². The molecule has 0 unspecified atom stereocenters. The van der Waals surface area contributed by atoms with Crippen LogP contribution in [-0.4, -0.2) is 39.5 Å². The van der Waals surface area contributed by atoms with Crippen LogP contribution >= 0.6 is 0 Å². The van der Waals surface area contributed by atoms with E-state index < -0.39 is 32.9 Å². The summed E-state index contributed by atoms with van der Waals surface area (Å²) in [5.41, 5.74) is 4.31. The van der Waals surface area contributed by atoms with Crippen LogP contribution in [0, 0.1) is 20.2 Å². The van der Waals surface area contributed by atoms with E-state index >= 15 is 0 Å². The molecule has 0 spiro atoms. The highest BCUT2D eigenvalue weighted by Crippen LogP contribution is 2.29. The lowest BCUT2D eigenvalue weighted by Gasteiger charge is -2.07. The van der Waals surface area contributed by atoms with Crippen molar-refractivity contribution in [3.05, 3.63) is 68.8 Å². The second-order valence-electron chi connectivity index (χ2n) is 6.16. The molecule has 158 valence electrons. The molecule has 0 atom stereocenters. The van der Waals surface area contributed by atoms with Crippen LogP contribution < -0.4 is 16.2 Å². The zero-order valence-electron chi connectivity index (χ0n) is 15.8. The standard InChI is InChI=1S/C18H15N7O6/c26-17-16(23-20-11-4-2-1-3-5-11)14(8-9-19-18(17)27)22-21-13-7-6-12(24(28)29)10-15(13)25(30)31/h1-7,10,20-21H,8-9H2,(H,19,27). The Balaban J connectivity index is 1.94. The highest BCUT2D eigenvalue weighted by atomic mass is 16.6. The van der Waals surface area contributed by atoms with Gasteiger partial charge in [0, 0.05) is 19.0 Å². The smallest absolute Gasteiger partial charge is 0.301 e. The van der Waals surface area contributed by atoms with Gasteiger partial charge in [0.1, 0.15) is 5.69 Å². The van der Waals surface area contributed by atoms with Crippen LogP contribution in [0.15, 0.2) is 58.7 Å². The van der Waals surface area contributed by atoms with Crippen molar-refractivity contribution in [3.63, 3.8) is 0 Å². The monoisotopic (exact) mass is 425 g/mol. The van der Waals surface area contributed by atoms with Gasteiger partial charge in [-0.1, -0.05) is 18.2 Å². The number of hydrazone groups is 2. The van der Waals surface area contributed by atoms with Gasteiger partial charge in [-0.3, -0.25) is 40.7 Å². The predicted octanol–water partition coefficient (Wildman–Crippen LogP) is 1.83. The molecule has 2 aromatic carbocycles. The molecule has 31 heavy (non-hydrogen) atoms. The van der Waals surface area contributed by atoms with Crippen LogP contribution in [0.5, 0.6) is 0 Å². The van der Waals surface area contributed by atoms with Crippen molar-refractivity contribution in [2.24, 2.45) is 10.2 Å². The first-order valence-corrected chi connectivity index (χ1v) is 8.84. The zero-order chi connectivity index (χ0) is 22.4. The molecule has 1 aliphatic rings. The van der Waals surface area contributed by atoms with Crippen molar-refractivity contribution in [1.82, 2.24) is 5.32 Å². The summed E-state index contributed by atoms with van der Waals surface area (Å²) in [5, 5.41) is 32.6. The topological polar surface area (TPSA) is 181 Å². The molecular weight excluding hydrogens is 410 g/mol. The number of carbonyl (C=O) groups is 2. The van der Waals surface area contributed by atoms with E-state index in [-0.39, 0.29) is 30.1 Å². The number of benzene rings is 2. The van der Waals surface area contributed by atoms with E-state index in [9.17, 15) is 29.8 Å². The predicted molar refractivity (Wildman–Crippen MR) is 111 cm³/mol. The number of ketones is 1. The summed E-state index contributed by atoms with van der Waals surface area (Å²) < 4.78 is 0. The number of non-ortho nitro benzene ring substituents is 1. The number of nitro benzene ring substituents is 2. The second kappa shape index (κ2) is 9.21. The van der Waals surface area contributed by atoms with Gasteiger partial charge in [0.2, 0.25) is 0 Å². The van der Waals surface area contributed by atoms with Gasteiger partial charge in [-0.25, -0.2) is 0 Å². The van der Waals surface area contributed by atoms with Gasteiger partial charge in [0.05, 0.1) is 27.3 Å². The number of rotatable bonds is 6. The van der Waals surface area contributed by atoms with Crippen LogP contribution in [0.3, 0.4) is 0 Å². The van der Waals surface area contributed by atoms with Gasteiger partial charge in [-0.2, -0.15) is 10.2 Å². The number of Topliss-reactive ketones (excluding diaryl/α,β-unsaturated/α-hetero) is 1. The van der Waals surface area contributed by atoms with Gasteiger partial charge < -0.3 is 5.32 Å². The Labute approximate surface area is 174 Å². The lowest BCUT2D eigenvalue weighted by atomic mass is 10.1. The first kappa shape index (κ1) is 21.0. The SMILES string of the molecule is O=C1NCCC(=NNc2ccc([N+](=O)[O-])cc2[N+](=O)[O-])C(=NNc2ccccc2)C1=O. The normalized spacial score (nSPS) is 16.5. The molecule has 0 aliphatic carbocycles. The molecular formula is C18H15N7O6. The summed E-state index contributed by atoms with van der Waals surface area (Å²) in [5.74, 6) is -1.79. The fraction of sp³-hybridized carbons (Fsp3) is 0.111. The Morgan fingerprint density at radius 3 is 2.35 bits per heavy atom. The zero-order valence-corrected chi connectivity index (χ0v) is 15.8. The van der Waals surface area contributed by atoms with Crippen LogP contribution in [-0.2, 0) is 9.59 Å². The number of anilines is 2. The molecule has 1 saturated heterocycles. The van der Waals surface area contributed by atoms with Crippen LogP contribution in [0.2, 0.25) is 0 Å². The van der Waals surface area contributed by atoms with Crippen molar-refractivity contribution < 1.29 is 19.4 Å². The molecule has 3 N–H and O–H groups in total. The third-order valence-electron chi connectivity index (χ3n) is 4.11. The Kier molecular flexibility index (Phi) is 6.25. The molecule has 0 radical (unpaired) electrons. The minimum Gasteiger partial charge on any atom is -0.349 e. The lowest BCUT2D eigenvalue weighted by Crippen LogP contribution is -2.34. The number of nitrogens with zero attached hydrogens (tertiary/aromatic N) is 4. The first-order valence-electron chi connectivity index (χ1n) is 8.84. The largest absolute Gasteiger partial charge is 0.349 e. The summed E-state index contributed by atoms with van der Waals surface area (Å²) in [6, 6.07) is 11.7. The van der Waals surface area contributed by atoms with Gasteiger partial charge in [0.25, 0.3) is 17.4 Å². The van der Waals surface area contributed by atoms with Gasteiger partial charge in [0.15, 0.2) is 5.71 Å². The number of para-hydroxylation sites is 1. The summed E-state index contributed by atoms with van der Waals surface area (Å²) >= 11 is 0. The average Bonchev–Trinajstić information content (AvgIpc) is 2.89. The number of nitro groups is 2. The molecule has 3 rings (SSSR count). The maximum absolute atomic E-state index is 12.4. The van der Waals surface area contributed by atoms with Crippen molar-refractivity contribution in [2.75, 3.05) is 17.4 Å². The minimum absolute atomic E-state index is 0.0689. The van der Waals surface area contributed by atoms with E-state index in [1.165, 1.54) is 0 Å². The van der Waals surface area contributed by atoms with Crippen molar-refractivity contribution in [3.8, 4) is 0 Å². The lowest BCUT2D eigenvalue weighted by molar-refractivity contribution is -0.393. The van der Waals surface area contributed by atoms with E-state index in [1.54, 1.807) is 30.3 Å². The summed E-state index contributed by atoms with van der Waals surface area (Å²) in [6.45, 7) is 0.0950. The van der Waals surface area contributed by atoms with Crippen molar-refractivity contribution in [2.45, 2.75) is 6.42 Å². The highest BCUT2D eigenvalue weighted by Gasteiger charge is 2.29. The van der Waals surface area contributed by atoms with Crippen LogP contribution in [0.1, 0.15) is 6.42 Å². The molecule has 1 aliphatic heterocycles. The molecule has 1 fully saturated rings. The van der Waals surface area contributed by atoms with Crippen molar-refractivity contribution >= 4 is 45.9 Å². The fourth-order valence-electron chi connectivity index (χ4n) is 2.60. The van der Waals surface area contributed by atoms with Gasteiger partial charge >= 0.3 is 5.69 Å². The molecule has 0 bridgehead atoms. The minimum atomic E-state index is -0.931. The highest BCUT2D eigenvalue weighted by molar-refractivity contribution is 6.80. The molecule has 1 heterocycles. The third kappa shape index (κ3) is 5.03. The third-order valence-corrected chi connectivity index (χ3v) is 4.11. The maximum Gasteiger partial charge on any atom is 0.301 e. The Hall–Kier alpha value is -4.68. The Bertz CT molecular complexity index is 1110. The van der Waals surface area contributed by atoms with Crippen molar-refractivity contribution in [1.29, 1.82) is 0 Å². The fourth-order valence-corrected chi connectivity index (χ4v) is 2.60. The first-order chi connectivity index (χ1) is 14.9. The molecule has 13 nitrogen and oxygen atoms in total.